The second-order valence-electron chi connectivity index (χ2n) is 5.06. The molecule has 0 bridgehead atoms. The van der Waals surface area contributed by atoms with E-state index in [1.807, 2.05) is 0 Å². The van der Waals surface area contributed by atoms with E-state index in [0.717, 1.165) is 0 Å². The van der Waals surface area contributed by atoms with E-state index in [2.05, 4.69) is 9.44 Å². The van der Waals surface area contributed by atoms with Gasteiger partial charge >= 0.3 is 0 Å². The number of hydrogen-bond donors (Lipinski definition) is 2. The third-order valence-electron chi connectivity index (χ3n) is 1.99. The van der Waals surface area contributed by atoms with E-state index >= 15 is 0 Å². The van der Waals surface area contributed by atoms with Gasteiger partial charge < -0.3 is 0 Å². The van der Waals surface area contributed by atoms with E-state index < -0.39 is 15.7 Å². The Balaban J connectivity index is 3.02. The quantitative estimate of drug-likeness (QED) is 0.821. The standard InChI is InChI=1S/C12H18N2O3S/c1-9(15)10-7-5-6-8-11(10)13-18(16,17)14-12(2,3)4/h5-8,13-14H,1-4H3. The maximum absolute atomic E-state index is 11.9. The van der Waals surface area contributed by atoms with Gasteiger partial charge in [0.2, 0.25) is 0 Å². The molecule has 0 heterocycles. The highest BCUT2D eigenvalue weighted by molar-refractivity contribution is 7.90. The Morgan fingerprint density at radius 2 is 1.72 bits per heavy atom. The van der Waals surface area contributed by atoms with E-state index in [0.29, 0.717) is 5.56 Å². The topological polar surface area (TPSA) is 75.3 Å². The highest BCUT2D eigenvalue weighted by Crippen LogP contribution is 2.17. The van der Waals surface area contributed by atoms with Crippen LogP contribution >= 0.6 is 0 Å². The van der Waals surface area contributed by atoms with Gasteiger partial charge in [0.1, 0.15) is 0 Å². The van der Waals surface area contributed by atoms with Gasteiger partial charge in [-0.05, 0) is 39.8 Å². The van der Waals surface area contributed by atoms with Gasteiger partial charge in [-0.2, -0.15) is 13.1 Å². The van der Waals surface area contributed by atoms with Crippen molar-refractivity contribution in [3.63, 3.8) is 0 Å². The summed E-state index contributed by atoms with van der Waals surface area (Å²) in [6.45, 7) is 6.61. The Bertz CT molecular complexity index is 545. The van der Waals surface area contributed by atoms with E-state index in [4.69, 9.17) is 0 Å². The third kappa shape index (κ3) is 4.46. The van der Waals surface area contributed by atoms with Gasteiger partial charge in [-0.3, -0.25) is 9.52 Å². The van der Waals surface area contributed by atoms with Crippen molar-refractivity contribution in [2.75, 3.05) is 4.72 Å². The number of Topliss-reactive ketones (excluding diaryl/α,β-unsaturated/α-hetero) is 1. The van der Waals surface area contributed by atoms with E-state index in [1.165, 1.54) is 6.92 Å². The molecule has 0 unspecified atom stereocenters. The van der Waals surface area contributed by atoms with Gasteiger partial charge in [0.15, 0.2) is 5.78 Å². The second kappa shape index (κ2) is 5.07. The van der Waals surface area contributed by atoms with E-state index in [1.54, 1.807) is 45.0 Å². The predicted octanol–water partition coefficient (Wildman–Crippen LogP) is 1.93. The molecule has 6 heteroatoms. The van der Waals surface area contributed by atoms with Gasteiger partial charge in [0, 0.05) is 11.1 Å². The number of hydrogen-bond acceptors (Lipinski definition) is 3. The number of anilines is 1. The first-order chi connectivity index (χ1) is 8.11. The van der Waals surface area contributed by atoms with Gasteiger partial charge in [-0.25, -0.2) is 0 Å². The highest BCUT2D eigenvalue weighted by atomic mass is 32.2. The number of ketones is 1. The number of carbonyl (C=O) groups is 1. The first-order valence-corrected chi connectivity index (χ1v) is 7.01. The summed E-state index contributed by atoms with van der Waals surface area (Å²) in [4.78, 5) is 11.4. The summed E-state index contributed by atoms with van der Waals surface area (Å²) >= 11 is 0. The molecule has 2 N–H and O–H groups in total. The molecule has 1 aromatic carbocycles. The zero-order valence-corrected chi connectivity index (χ0v) is 11.8. The van der Waals surface area contributed by atoms with Crippen molar-refractivity contribution in [3.05, 3.63) is 29.8 Å². The van der Waals surface area contributed by atoms with Crippen molar-refractivity contribution >= 4 is 21.7 Å². The molecular weight excluding hydrogens is 252 g/mol. The first-order valence-electron chi connectivity index (χ1n) is 5.52. The Labute approximate surface area is 108 Å². The second-order valence-corrected chi connectivity index (χ2v) is 6.47. The molecule has 18 heavy (non-hydrogen) atoms. The Kier molecular flexibility index (Phi) is 4.13. The summed E-state index contributed by atoms with van der Waals surface area (Å²) in [7, 11) is -3.70. The lowest BCUT2D eigenvalue weighted by Crippen LogP contribution is -2.43. The Morgan fingerprint density at radius 1 is 1.17 bits per heavy atom. The van der Waals surface area contributed by atoms with E-state index in [-0.39, 0.29) is 11.5 Å². The van der Waals surface area contributed by atoms with E-state index in [9.17, 15) is 13.2 Å². The SMILES string of the molecule is CC(=O)c1ccccc1NS(=O)(=O)NC(C)(C)C. The molecule has 0 saturated carbocycles. The third-order valence-corrected chi connectivity index (χ3v) is 3.36. The molecule has 0 fully saturated rings. The molecule has 0 aliphatic rings. The van der Waals surface area contributed by atoms with Crippen LogP contribution in [0.1, 0.15) is 38.1 Å². The molecule has 0 saturated heterocycles. The van der Waals surface area contributed by atoms with Gasteiger partial charge in [-0.15, -0.1) is 0 Å². The minimum absolute atomic E-state index is 0.191. The lowest BCUT2D eigenvalue weighted by Gasteiger charge is -2.21. The minimum atomic E-state index is -3.70. The summed E-state index contributed by atoms with van der Waals surface area (Å²) < 4.78 is 28.5. The lowest BCUT2D eigenvalue weighted by molar-refractivity contribution is 0.101. The molecule has 100 valence electrons. The number of carbonyl (C=O) groups excluding carboxylic acids is 1. The van der Waals surface area contributed by atoms with Crippen LogP contribution in [0.3, 0.4) is 0 Å². The molecule has 5 nitrogen and oxygen atoms in total. The van der Waals surface area contributed by atoms with Crippen LogP contribution in [-0.2, 0) is 10.2 Å². The maximum atomic E-state index is 11.9. The van der Waals surface area contributed by atoms with Gasteiger partial charge in [-0.1, -0.05) is 12.1 Å². The zero-order valence-electron chi connectivity index (χ0n) is 10.9. The summed E-state index contributed by atoms with van der Waals surface area (Å²) in [5.41, 5.74) is 0.0373. The van der Waals surface area contributed by atoms with Crippen LogP contribution in [0.5, 0.6) is 0 Å². The number of para-hydroxylation sites is 1. The van der Waals surface area contributed by atoms with Crippen molar-refractivity contribution in [3.8, 4) is 0 Å². The molecular formula is C12H18N2O3S. The Hall–Kier alpha value is -1.40. The van der Waals surface area contributed by atoms with Crippen molar-refractivity contribution in [1.82, 2.24) is 4.72 Å². The first kappa shape index (κ1) is 14.7. The summed E-state index contributed by atoms with van der Waals surface area (Å²) in [6, 6.07) is 6.49. The van der Waals surface area contributed by atoms with Crippen LogP contribution in [0.15, 0.2) is 24.3 Å². The van der Waals surface area contributed by atoms with Crippen LogP contribution in [-0.4, -0.2) is 19.7 Å². The molecule has 0 aliphatic heterocycles. The number of nitrogens with one attached hydrogen (secondary N) is 2. The maximum Gasteiger partial charge on any atom is 0.299 e. The minimum Gasteiger partial charge on any atom is -0.294 e. The fourth-order valence-corrected chi connectivity index (χ4v) is 2.78. The van der Waals surface area contributed by atoms with Crippen LogP contribution in [0.25, 0.3) is 0 Å². The molecule has 1 rings (SSSR count). The van der Waals surface area contributed by atoms with Crippen molar-refractivity contribution < 1.29 is 13.2 Å². The monoisotopic (exact) mass is 270 g/mol. The van der Waals surface area contributed by atoms with Gasteiger partial charge in [0.25, 0.3) is 10.2 Å². The van der Waals surface area contributed by atoms with Crippen LogP contribution < -0.4 is 9.44 Å². The molecule has 0 radical (unpaired) electrons. The van der Waals surface area contributed by atoms with Crippen LogP contribution in [0.2, 0.25) is 0 Å². The zero-order chi connectivity index (χ0) is 14.0. The smallest absolute Gasteiger partial charge is 0.294 e. The average molecular weight is 270 g/mol. The number of rotatable bonds is 4. The molecule has 0 spiro atoms. The fraction of sp³-hybridized carbons (Fsp3) is 0.417. The predicted molar refractivity (Wildman–Crippen MR) is 71.9 cm³/mol. The fourth-order valence-electron chi connectivity index (χ4n) is 1.45. The lowest BCUT2D eigenvalue weighted by atomic mass is 10.1. The Morgan fingerprint density at radius 3 is 2.22 bits per heavy atom. The summed E-state index contributed by atoms with van der Waals surface area (Å²) in [5.74, 6) is -0.191. The molecule has 0 aliphatic carbocycles. The van der Waals surface area contributed by atoms with Crippen molar-refractivity contribution in [1.29, 1.82) is 0 Å². The van der Waals surface area contributed by atoms with Crippen LogP contribution in [0.4, 0.5) is 5.69 Å². The normalized spacial score (nSPS) is 12.2. The average Bonchev–Trinajstić information content (AvgIpc) is 2.13. The number of benzene rings is 1. The van der Waals surface area contributed by atoms with Gasteiger partial charge in [0.05, 0.1) is 5.69 Å². The van der Waals surface area contributed by atoms with Crippen LogP contribution in [0, 0.1) is 0 Å². The van der Waals surface area contributed by atoms with Crippen molar-refractivity contribution in [2.45, 2.75) is 33.2 Å². The largest absolute Gasteiger partial charge is 0.299 e. The highest BCUT2D eigenvalue weighted by Gasteiger charge is 2.21. The molecule has 1 aromatic rings. The summed E-state index contributed by atoms with van der Waals surface area (Å²) in [6.07, 6.45) is 0. The molecule has 0 amide bonds. The summed E-state index contributed by atoms with van der Waals surface area (Å²) in [5, 5.41) is 0. The molecule has 0 aromatic heterocycles. The van der Waals surface area contributed by atoms with Crippen molar-refractivity contribution in [2.24, 2.45) is 0 Å². The molecule has 0 atom stereocenters.